The molecule has 13 nitrogen and oxygen atoms in total. The Bertz CT molecular complexity index is 1700. The second-order valence-electron chi connectivity index (χ2n) is 10.8. The lowest BCUT2D eigenvalue weighted by atomic mass is 9.94. The minimum atomic E-state index is -4.64. The number of benzene rings is 1. The number of nitrogens with one attached hydrogen (secondary N) is 3. The number of halogens is 4. The van der Waals surface area contributed by atoms with Gasteiger partial charge in [0.1, 0.15) is 0 Å². The third kappa shape index (κ3) is 7.23. The summed E-state index contributed by atoms with van der Waals surface area (Å²) < 4.78 is 41.7. The van der Waals surface area contributed by atoms with Crippen molar-refractivity contribution >= 4 is 47.0 Å². The molecule has 4 N–H and O–H groups in total. The van der Waals surface area contributed by atoms with Crippen LogP contribution in [0.3, 0.4) is 0 Å². The van der Waals surface area contributed by atoms with E-state index >= 15 is 0 Å². The Balaban J connectivity index is 0.00000134. The maximum Gasteiger partial charge on any atom is 0.435 e. The smallest absolute Gasteiger partial charge is 0.435 e. The molecule has 0 aliphatic carbocycles. The molecule has 4 aromatic rings. The number of hydrogen-bond acceptors (Lipinski definition) is 8. The molecule has 0 atom stereocenters. The van der Waals surface area contributed by atoms with Gasteiger partial charge in [-0.15, -0.1) is 0 Å². The molecule has 0 unspecified atom stereocenters. The second kappa shape index (κ2) is 14.2. The number of carbonyl (C=O) groups excluding carboxylic acids is 2. The maximum atomic E-state index is 13.4. The molecule has 6 rings (SSSR count). The van der Waals surface area contributed by atoms with E-state index in [0.717, 1.165) is 25.9 Å². The summed E-state index contributed by atoms with van der Waals surface area (Å²) in [7, 11) is 0. The fourth-order valence-corrected chi connectivity index (χ4v) is 5.86. The molecule has 0 spiro atoms. The van der Waals surface area contributed by atoms with Crippen molar-refractivity contribution in [2.24, 2.45) is 5.92 Å². The number of carboxylic acid groups (broad SMARTS) is 1. The zero-order valence-electron chi connectivity index (χ0n) is 24.4. The standard InChI is InChI=1S/C28H29ClF3N9O2.CH2O2/c29-21-14-18(37-25-26-35-16-22(41(26)8-7-34-25)20-15-36-38-24(20)28(30,31)32)1-2-19(21)27(43)40-11-9-39(10-12-40)23(42)13-17-3-5-33-6-4-17;2-1-3/h1-2,7-8,14-17,33H,3-6,9-13H2,(H,34,37)(H,36,38);1H,(H,2,3). The number of imidazole rings is 1. The molecular weight excluding hydrogens is 631 g/mol. The quantitative estimate of drug-likeness (QED) is 0.225. The summed E-state index contributed by atoms with van der Waals surface area (Å²) in [6.07, 6.45) is 3.36. The van der Waals surface area contributed by atoms with Crippen molar-refractivity contribution in [2.75, 3.05) is 44.6 Å². The van der Waals surface area contributed by atoms with Gasteiger partial charge >= 0.3 is 6.18 Å². The van der Waals surface area contributed by atoms with Gasteiger partial charge in [0.25, 0.3) is 12.4 Å². The molecule has 2 saturated heterocycles. The van der Waals surface area contributed by atoms with Crippen LogP contribution in [0, 0.1) is 5.92 Å². The Labute approximate surface area is 265 Å². The second-order valence-corrected chi connectivity index (χ2v) is 11.2. The van der Waals surface area contributed by atoms with Gasteiger partial charge in [0.15, 0.2) is 17.2 Å². The zero-order chi connectivity index (χ0) is 32.8. The van der Waals surface area contributed by atoms with Crippen LogP contribution in [0.5, 0.6) is 0 Å². The predicted molar refractivity (Wildman–Crippen MR) is 162 cm³/mol. The molecule has 3 aromatic heterocycles. The maximum absolute atomic E-state index is 13.4. The van der Waals surface area contributed by atoms with Gasteiger partial charge in [-0.2, -0.15) is 18.3 Å². The number of hydrogen-bond donors (Lipinski definition) is 4. The monoisotopic (exact) mass is 661 g/mol. The van der Waals surface area contributed by atoms with Crippen LogP contribution in [0.25, 0.3) is 16.9 Å². The number of anilines is 2. The third-order valence-corrected chi connectivity index (χ3v) is 8.23. The van der Waals surface area contributed by atoms with Crippen LogP contribution < -0.4 is 10.6 Å². The summed E-state index contributed by atoms with van der Waals surface area (Å²) in [5, 5.41) is 19.1. The van der Waals surface area contributed by atoms with Crippen LogP contribution in [0.4, 0.5) is 24.7 Å². The van der Waals surface area contributed by atoms with E-state index in [1.54, 1.807) is 23.1 Å². The Hall–Kier alpha value is -4.70. The fourth-order valence-electron chi connectivity index (χ4n) is 5.60. The van der Waals surface area contributed by atoms with Crippen LogP contribution in [0.1, 0.15) is 35.3 Å². The number of aromatic amines is 1. The van der Waals surface area contributed by atoms with Crippen LogP contribution in [0.2, 0.25) is 5.02 Å². The molecule has 0 saturated carbocycles. The molecular formula is C29H31ClF3N9O4. The molecule has 17 heteroatoms. The van der Waals surface area contributed by atoms with E-state index in [9.17, 15) is 22.8 Å². The van der Waals surface area contributed by atoms with Crippen molar-refractivity contribution in [3.8, 4) is 11.3 Å². The Morgan fingerprint density at radius 2 is 1.80 bits per heavy atom. The van der Waals surface area contributed by atoms with Crippen molar-refractivity contribution in [3.05, 3.63) is 59.3 Å². The number of amides is 2. The number of nitrogens with zero attached hydrogens (tertiary/aromatic N) is 6. The van der Waals surface area contributed by atoms with Gasteiger partial charge in [0.05, 0.1) is 28.0 Å². The number of rotatable bonds is 6. The van der Waals surface area contributed by atoms with Gasteiger partial charge in [-0.05, 0) is 50.0 Å². The van der Waals surface area contributed by atoms with E-state index in [-0.39, 0.29) is 46.0 Å². The summed E-state index contributed by atoms with van der Waals surface area (Å²) in [6, 6.07) is 4.87. The largest absolute Gasteiger partial charge is 0.483 e. The molecule has 244 valence electrons. The van der Waals surface area contributed by atoms with E-state index in [1.807, 2.05) is 4.90 Å². The first-order valence-electron chi connectivity index (χ1n) is 14.5. The van der Waals surface area contributed by atoms with Crippen LogP contribution >= 0.6 is 11.6 Å². The topological polar surface area (TPSA) is 161 Å². The minimum absolute atomic E-state index is 0.143. The van der Waals surface area contributed by atoms with Crippen LogP contribution in [-0.2, 0) is 15.8 Å². The average molecular weight is 662 g/mol. The lowest BCUT2D eigenvalue weighted by Gasteiger charge is -2.36. The highest BCUT2D eigenvalue weighted by Crippen LogP contribution is 2.36. The summed E-state index contributed by atoms with van der Waals surface area (Å²) in [4.78, 5) is 46.5. The molecule has 2 fully saturated rings. The number of piperidine rings is 1. The molecule has 0 radical (unpaired) electrons. The van der Waals surface area contributed by atoms with Gasteiger partial charge in [-0.3, -0.25) is 23.9 Å². The molecule has 2 aliphatic rings. The Morgan fingerprint density at radius 1 is 1.11 bits per heavy atom. The van der Waals surface area contributed by atoms with Gasteiger partial charge in [-0.25, -0.2) is 9.97 Å². The molecule has 2 aliphatic heterocycles. The highest BCUT2D eigenvalue weighted by Gasteiger charge is 2.37. The first kappa shape index (κ1) is 32.7. The van der Waals surface area contributed by atoms with Crippen molar-refractivity contribution in [3.63, 3.8) is 0 Å². The zero-order valence-corrected chi connectivity index (χ0v) is 25.2. The van der Waals surface area contributed by atoms with Crippen molar-refractivity contribution in [2.45, 2.75) is 25.4 Å². The van der Waals surface area contributed by atoms with Crippen molar-refractivity contribution < 1.29 is 32.7 Å². The summed E-state index contributed by atoms with van der Waals surface area (Å²) in [6.45, 7) is 3.46. The highest BCUT2D eigenvalue weighted by molar-refractivity contribution is 6.34. The molecule has 2 amide bonds. The van der Waals surface area contributed by atoms with Crippen LogP contribution in [0.15, 0.2) is 43.0 Å². The van der Waals surface area contributed by atoms with Crippen molar-refractivity contribution in [1.29, 1.82) is 0 Å². The Kier molecular flexibility index (Phi) is 10.1. The molecule has 5 heterocycles. The minimum Gasteiger partial charge on any atom is -0.483 e. The van der Waals surface area contributed by atoms with Crippen molar-refractivity contribution in [1.82, 2.24) is 39.7 Å². The Morgan fingerprint density at radius 3 is 2.48 bits per heavy atom. The number of carbonyl (C=O) groups is 3. The summed E-state index contributed by atoms with van der Waals surface area (Å²) in [5.41, 5.74) is 0.132. The van der Waals surface area contributed by atoms with Gasteiger partial charge in [0, 0.05) is 56.9 Å². The molecule has 46 heavy (non-hydrogen) atoms. The predicted octanol–water partition coefficient (Wildman–Crippen LogP) is 3.91. The number of alkyl halides is 3. The highest BCUT2D eigenvalue weighted by atomic mass is 35.5. The fraction of sp³-hybridized carbons (Fsp3) is 0.379. The van der Waals surface area contributed by atoms with Gasteiger partial charge in [0.2, 0.25) is 5.91 Å². The first-order valence-corrected chi connectivity index (χ1v) is 14.8. The van der Waals surface area contributed by atoms with E-state index in [2.05, 4.69) is 30.8 Å². The van der Waals surface area contributed by atoms with Crippen LogP contribution in [-0.4, -0.2) is 97.0 Å². The van der Waals surface area contributed by atoms with Gasteiger partial charge < -0.3 is 25.5 Å². The molecule has 1 aromatic carbocycles. The third-order valence-electron chi connectivity index (χ3n) is 7.92. The lowest BCUT2D eigenvalue weighted by Crippen LogP contribution is -2.51. The number of H-pyrrole nitrogens is 1. The van der Waals surface area contributed by atoms with E-state index in [0.29, 0.717) is 49.8 Å². The first-order chi connectivity index (χ1) is 22.1. The summed E-state index contributed by atoms with van der Waals surface area (Å²) >= 11 is 6.53. The number of piperazine rings is 1. The number of aromatic nitrogens is 5. The number of fused-ring (bicyclic) bond motifs is 1. The van der Waals surface area contributed by atoms with E-state index in [1.165, 1.54) is 29.2 Å². The average Bonchev–Trinajstić information content (AvgIpc) is 3.70. The van der Waals surface area contributed by atoms with E-state index < -0.39 is 11.9 Å². The molecule has 0 bridgehead atoms. The van der Waals surface area contributed by atoms with E-state index in [4.69, 9.17) is 21.5 Å². The summed E-state index contributed by atoms with van der Waals surface area (Å²) in [5.74, 6) is 0.619. The SMILES string of the molecule is O=C(CC1CCNCC1)N1CCN(C(=O)c2ccc(Nc3nccn4c(-c5c[nH]nc5C(F)(F)F)cnc34)cc2Cl)CC1.O=CO. The lowest BCUT2D eigenvalue weighted by molar-refractivity contribution is -0.140. The van der Waals surface area contributed by atoms with Gasteiger partial charge in [-0.1, -0.05) is 11.6 Å². The normalized spacial score (nSPS) is 15.7.